The molecule has 0 aromatic heterocycles. The zero-order chi connectivity index (χ0) is 24.1. The Kier molecular flexibility index (Phi) is 7.90. The van der Waals surface area contributed by atoms with Gasteiger partial charge in [0.25, 0.3) is 0 Å². The molecule has 0 saturated heterocycles. The number of rotatable bonds is 7. The number of carbonyl (C=O) groups is 1. The summed E-state index contributed by atoms with van der Waals surface area (Å²) in [6.07, 6.45) is 0. The van der Waals surface area contributed by atoms with Gasteiger partial charge in [-0.15, -0.1) is 0 Å². The normalized spacial score (nSPS) is 15.6. The summed E-state index contributed by atoms with van der Waals surface area (Å²) in [5.41, 5.74) is 7.65. The Morgan fingerprint density at radius 1 is 1.27 bits per heavy atom. The van der Waals surface area contributed by atoms with Gasteiger partial charge in [0, 0.05) is 10.0 Å². The summed E-state index contributed by atoms with van der Waals surface area (Å²) in [6, 6.07) is 12.7. The second kappa shape index (κ2) is 10.6. The number of nitrogens with two attached hydrogens (primary N) is 1. The van der Waals surface area contributed by atoms with Crippen molar-refractivity contribution in [2.75, 3.05) is 13.7 Å². The van der Waals surface area contributed by atoms with Crippen LogP contribution in [0.2, 0.25) is 5.02 Å². The molecule has 2 aromatic carbocycles. The summed E-state index contributed by atoms with van der Waals surface area (Å²) in [6.45, 7) is 3.64. The molecule has 0 spiro atoms. The van der Waals surface area contributed by atoms with Crippen LogP contribution in [0.15, 0.2) is 63.7 Å². The van der Waals surface area contributed by atoms with E-state index in [-0.39, 0.29) is 36.0 Å². The van der Waals surface area contributed by atoms with Crippen molar-refractivity contribution in [1.29, 1.82) is 5.26 Å². The van der Waals surface area contributed by atoms with Crippen molar-refractivity contribution in [3.8, 4) is 17.6 Å². The van der Waals surface area contributed by atoms with Gasteiger partial charge in [-0.25, -0.2) is 4.79 Å². The van der Waals surface area contributed by atoms with Crippen LogP contribution in [-0.2, 0) is 20.9 Å². The molecule has 1 heterocycles. The van der Waals surface area contributed by atoms with Gasteiger partial charge in [0.1, 0.15) is 35.5 Å². The SMILES string of the molecule is CCOC(=O)C1=C(C)OC(N)=C(C#N)[C@H]1c1ccc(OC)c(COc2ccc(Br)cc2Cl)c1. The topological polar surface area (TPSA) is 104 Å². The minimum absolute atomic E-state index is 0.0525. The largest absolute Gasteiger partial charge is 0.496 e. The van der Waals surface area contributed by atoms with Gasteiger partial charge < -0.3 is 24.7 Å². The maximum absolute atomic E-state index is 12.7. The third-order valence-corrected chi connectivity index (χ3v) is 5.80. The lowest BCUT2D eigenvalue weighted by molar-refractivity contribution is -0.139. The summed E-state index contributed by atoms with van der Waals surface area (Å²) < 4.78 is 22.9. The van der Waals surface area contributed by atoms with E-state index < -0.39 is 11.9 Å². The van der Waals surface area contributed by atoms with Crippen molar-refractivity contribution in [2.45, 2.75) is 26.4 Å². The Morgan fingerprint density at radius 2 is 2.00 bits per heavy atom. The van der Waals surface area contributed by atoms with Crippen molar-refractivity contribution in [3.63, 3.8) is 0 Å². The van der Waals surface area contributed by atoms with Crippen LogP contribution in [-0.4, -0.2) is 19.7 Å². The van der Waals surface area contributed by atoms with Crippen molar-refractivity contribution >= 4 is 33.5 Å². The summed E-state index contributed by atoms with van der Waals surface area (Å²) in [5.74, 6) is -0.0242. The van der Waals surface area contributed by atoms with Crippen LogP contribution in [0.3, 0.4) is 0 Å². The molecule has 7 nitrogen and oxygen atoms in total. The summed E-state index contributed by atoms with van der Waals surface area (Å²) in [4.78, 5) is 12.7. The summed E-state index contributed by atoms with van der Waals surface area (Å²) >= 11 is 9.63. The second-order valence-electron chi connectivity index (χ2n) is 7.05. The average Bonchev–Trinajstić information content (AvgIpc) is 2.78. The molecule has 1 aliphatic rings. The number of hydrogen-bond acceptors (Lipinski definition) is 7. The molecule has 9 heteroatoms. The Hall–Kier alpha value is -3.15. The Bertz CT molecular complexity index is 1190. The molecule has 0 bridgehead atoms. The molecule has 33 heavy (non-hydrogen) atoms. The molecule has 2 N–H and O–H groups in total. The molecular formula is C24H22BrClN2O5. The monoisotopic (exact) mass is 532 g/mol. The number of hydrogen-bond donors (Lipinski definition) is 1. The van der Waals surface area contributed by atoms with Crippen LogP contribution in [0.5, 0.6) is 11.5 Å². The Labute approximate surface area is 205 Å². The number of allylic oxidation sites excluding steroid dienone is 2. The van der Waals surface area contributed by atoms with E-state index >= 15 is 0 Å². The molecule has 0 unspecified atom stereocenters. The van der Waals surface area contributed by atoms with Crippen LogP contribution in [0.1, 0.15) is 30.9 Å². The summed E-state index contributed by atoms with van der Waals surface area (Å²) in [5, 5.41) is 10.2. The van der Waals surface area contributed by atoms with Crippen molar-refractivity contribution < 1.29 is 23.7 Å². The van der Waals surface area contributed by atoms with Crippen LogP contribution in [0, 0.1) is 11.3 Å². The maximum atomic E-state index is 12.7. The number of benzene rings is 2. The fraction of sp³-hybridized carbons (Fsp3) is 0.250. The quantitative estimate of drug-likeness (QED) is 0.479. The Morgan fingerprint density at radius 3 is 2.64 bits per heavy atom. The highest BCUT2D eigenvalue weighted by atomic mass is 79.9. The molecule has 172 valence electrons. The van der Waals surface area contributed by atoms with Gasteiger partial charge in [-0.1, -0.05) is 33.6 Å². The van der Waals surface area contributed by atoms with E-state index in [1.807, 2.05) is 6.07 Å². The van der Waals surface area contributed by atoms with Crippen LogP contribution in [0.25, 0.3) is 0 Å². The lowest BCUT2D eigenvalue weighted by Gasteiger charge is -2.27. The first-order valence-electron chi connectivity index (χ1n) is 10.0. The minimum atomic E-state index is -0.760. The smallest absolute Gasteiger partial charge is 0.338 e. The highest BCUT2D eigenvalue weighted by molar-refractivity contribution is 9.10. The van der Waals surface area contributed by atoms with Crippen molar-refractivity contribution in [1.82, 2.24) is 0 Å². The third kappa shape index (κ3) is 5.27. The van der Waals surface area contributed by atoms with E-state index in [1.165, 1.54) is 0 Å². The predicted molar refractivity (Wildman–Crippen MR) is 126 cm³/mol. The van der Waals surface area contributed by atoms with Gasteiger partial charge in [-0.05, 0) is 49.7 Å². The van der Waals surface area contributed by atoms with E-state index in [2.05, 4.69) is 22.0 Å². The van der Waals surface area contributed by atoms with E-state index in [0.717, 1.165) is 4.47 Å². The number of ether oxygens (including phenoxy) is 4. The van der Waals surface area contributed by atoms with E-state index in [9.17, 15) is 10.1 Å². The number of nitrogens with zero attached hydrogens (tertiary/aromatic N) is 1. The lowest BCUT2D eigenvalue weighted by atomic mass is 9.82. The van der Waals surface area contributed by atoms with Crippen LogP contribution in [0.4, 0.5) is 0 Å². The van der Waals surface area contributed by atoms with Gasteiger partial charge in [0.15, 0.2) is 0 Å². The van der Waals surface area contributed by atoms with E-state index in [4.69, 9.17) is 36.3 Å². The molecule has 1 aliphatic heterocycles. The molecule has 0 aliphatic carbocycles. The van der Waals surface area contributed by atoms with Crippen LogP contribution < -0.4 is 15.2 Å². The maximum Gasteiger partial charge on any atom is 0.338 e. The van der Waals surface area contributed by atoms with Crippen LogP contribution >= 0.6 is 27.5 Å². The van der Waals surface area contributed by atoms with Gasteiger partial charge >= 0.3 is 5.97 Å². The van der Waals surface area contributed by atoms with Gasteiger partial charge in [0.2, 0.25) is 5.88 Å². The number of nitriles is 1. The minimum Gasteiger partial charge on any atom is -0.496 e. The lowest BCUT2D eigenvalue weighted by Crippen LogP contribution is -2.25. The Balaban J connectivity index is 2.03. The molecule has 0 saturated carbocycles. The fourth-order valence-corrected chi connectivity index (χ4v) is 4.25. The molecular weight excluding hydrogens is 512 g/mol. The third-order valence-electron chi connectivity index (χ3n) is 5.02. The molecule has 1 atom stereocenters. The van der Waals surface area contributed by atoms with E-state index in [0.29, 0.717) is 27.6 Å². The van der Waals surface area contributed by atoms with Crippen molar-refractivity contribution in [2.24, 2.45) is 5.73 Å². The van der Waals surface area contributed by atoms with Crippen molar-refractivity contribution in [3.05, 3.63) is 79.8 Å². The van der Waals surface area contributed by atoms with Gasteiger partial charge in [-0.3, -0.25) is 0 Å². The van der Waals surface area contributed by atoms with Gasteiger partial charge in [0.05, 0.1) is 30.2 Å². The highest BCUT2D eigenvalue weighted by Gasteiger charge is 2.36. The highest BCUT2D eigenvalue weighted by Crippen LogP contribution is 2.41. The number of methoxy groups -OCH3 is 1. The molecule has 0 amide bonds. The first-order chi connectivity index (χ1) is 15.8. The number of esters is 1. The molecule has 0 fully saturated rings. The van der Waals surface area contributed by atoms with Gasteiger partial charge in [-0.2, -0.15) is 5.26 Å². The molecule has 2 aromatic rings. The van der Waals surface area contributed by atoms with E-state index in [1.54, 1.807) is 51.3 Å². The number of halogens is 2. The fourth-order valence-electron chi connectivity index (χ4n) is 3.53. The molecule has 0 radical (unpaired) electrons. The standard InChI is InChI=1S/C24H22BrClN2O5/c1-4-31-24(29)21-13(2)33-23(28)17(11-27)22(21)14-5-7-19(30-3)15(9-14)12-32-20-8-6-16(25)10-18(20)26/h5-10,22H,4,12,28H2,1-3H3/t22-/m1/s1. The first kappa shape index (κ1) is 24.5. The zero-order valence-electron chi connectivity index (χ0n) is 18.3. The first-order valence-corrected chi connectivity index (χ1v) is 11.2. The average molecular weight is 534 g/mol. The number of carbonyl (C=O) groups excluding carboxylic acids is 1. The predicted octanol–water partition coefficient (Wildman–Crippen LogP) is 5.33. The zero-order valence-corrected chi connectivity index (χ0v) is 20.6. The summed E-state index contributed by atoms with van der Waals surface area (Å²) in [7, 11) is 1.55. The second-order valence-corrected chi connectivity index (χ2v) is 8.37. The molecule has 3 rings (SSSR count).